The highest BCUT2D eigenvalue weighted by atomic mass is 16.2. The first-order valence-electron chi connectivity index (χ1n) is 8.68. The summed E-state index contributed by atoms with van der Waals surface area (Å²) in [6.07, 6.45) is 7.22. The molecule has 5 heteroatoms. The molecule has 1 saturated heterocycles. The van der Waals surface area contributed by atoms with E-state index in [1.165, 1.54) is 25.7 Å². The molecule has 2 fully saturated rings. The molecular weight excluding hydrogens is 264 g/mol. The van der Waals surface area contributed by atoms with Crippen molar-refractivity contribution < 1.29 is 4.79 Å². The van der Waals surface area contributed by atoms with Crippen molar-refractivity contribution in [1.82, 2.24) is 15.1 Å². The fourth-order valence-electron chi connectivity index (χ4n) is 3.62. The highest BCUT2D eigenvalue weighted by Crippen LogP contribution is 2.17. The minimum absolute atomic E-state index is 0.208. The first-order valence-corrected chi connectivity index (χ1v) is 8.68. The van der Waals surface area contributed by atoms with Crippen molar-refractivity contribution in [3.05, 3.63) is 0 Å². The molecule has 0 radical (unpaired) electrons. The number of rotatable bonds is 7. The van der Waals surface area contributed by atoms with E-state index in [0.29, 0.717) is 18.6 Å². The van der Waals surface area contributed by atoms with Crippen LogP contribution < -0.4 is 11.1 Å². The summed E-state index contributed by atoms with van der Waals surface area (Å²) in [6, 6.07) is 0.953. The summed E-state index contributed by atoms with van der Waals surface area (Å²) in [6.45, 7) is 7.57. The lowest BCUT2D eigenvalue weighted by atomic mass is 10.1. The Labute approximate surface area is 129 Å². The van der Waals surface area contributed by atoms with E-state index in [-0.39, 0.29) is 5.91 Å². The Morgan fingerprint density at radius 3 is 2.48 bits per heavy atom. The largest absolute Gasteiger partial charge is 0.352 e. The minimum Gasteiger partial charge on any atom is -0.352 e. The van der Waals surface area contributed by atoms with Gasteiger partial charge < -0.3 is 11.1 Å². The number of nitrogens with one attached hydrogen (secondary N) is 1. The number of amides is 1. The van der Waals surface area contributed by atoms with Gasteiger partial charge in [0.25, 0.3) is 0 Å². The summed E-state index contributed by atoms with van der Waals surface area (Å²) in [5.41, 5.74) is 5.88. The third-order valence-corrected chi connectivity index (χ3v) is 4.90. The highest BCUT2D eigenvalue weighted by Gasteiger charge is 2.24. The molecule has 1 atom stereocenters. The Bertz CT molecular complexity index is 309. The second-order valence-electron chi connectivity index (χ2n) is 6.54. The van der Waals surface area contributed by atoms with Crippen LogP contribution in [0.15, 0.2) is 0 Å². The number of nitrogens with two attached hydrogens (primary N) is 1. The van der Waals surface area contributed by atoms with E-state index < -0.39 is 0 Å². The molecule has 0 aromatic carbocycles. The lowest BCUT2D eigenvalue weighted by molar-refractivity contribution is -0.123. The average molecular weight is 296 g/mol. The zero-order chi connectivity index (χ0) is 15.1. The lowest BCUT2D eigenvalue weighted by Crippen LogP contribution is -2.54. The van der Waals surface area contributed by atoms with E-state index in [9.17, 15) is 4.79 Å². The van der Waals surface area contributed by atoms with Crippen molar-refractivity contribution in [3.63, 3.8) is 0 Å². The van der Waals surface area contributed by atoms with Crippen LogP contribution in [0.25, 0.3) is 0 Å². The fraction of sp³-hybridized carbons (Fsp3) is 0.938. The van der Waals surface area contributed by atoms with Crippen LogP contribution in [0.4, 0.5) is 0 Å². The number of hydrogen-bond donors (Lipinski definition) is 2. The first-order chi connectivity index (χ1) is 10.2. The molecule has 0 aromatic rings. The molecule has 1 aliphatic heterocycles. The molecule has 1 saturated carbocycles. The summed E-state index contributed by atoms with van der Waals surface area (Å²) >= 11 is 0. The number of hydrogen-bond acceptors (Lipinski definition) is 4. The van der Waals surface area contributed by atoms with Gasteiger partial charge >= 0.3 is 0 Å². The SMILES string of the molecule is CCCC(CN)N1CCN(CC(=O)NC2CCCC2)CC1. The molecule has 0 bridgehead atoms. The second-order valence-corrected chi connectivity index (χ2v) is 6.54. The second kappa shape index (κ2) is 8.71. The molecule has 2 aliphatic rings. The molecule has 1 aliphatic carbocycles. The molecule has 3 N–H and O–H groups in total. The van der Waals surface area contributed by atoms with Crippen LogP contribution in [0.5, 0.6) is 0 Å². The minimum atomic E-state index is 0.208. The molecule has 1 heterocycles. The van der Waals surface area contributed by atoms with E-state index in [1.54, 1.807) is 0 Å². The Morgan fingerprint density at radius 2 is 1.90 bits per heavy atom. The van der Waals surface area contributed by atoms with Crippen LogP contribution in [0, 0.1) is 0 Å². The fourth-order valence-corrected chi connectivity index (χ4v) is 3.62. The van der Waals surface area contributed by atoms with Gasteiger partial charge in [-0.05, 0) is 19.3 Å². The Kier molecular flexibility index (Phi) is 6.93. The van der Waals surface area contributed by atoms with Gasteiger partial charge in [0.1, 0.15) is 0 Å². The number of nitrogens with zero attached hydrogens (tertiary/aromatic N) is 2. The molecule has 21 heavy (non-hydrogen) atoms. The molecule has 0 spiro atoms. The van der Waals surface area contributed by atoms with Gasteiger partial charge in [-0.1, -0.05) is 26.2 Å². The lowest BCUT2D eigenvalue weighted by Gasteiger charge is -2.38. The van der Waals surface area contributed by atoms with E-state index in [2.05, 4.69) is 22.0 Å². The van der Waals surface area contributed by atoms with E-state index in [0.717, 1.165) is 45.6 Å². The van der Waals surface area contributed by atoms with E-state index in [1.807, 2.05) is 0 Å². The number of piperazine rings is 1. The highest BCUT2D eigenvalue weighted by molar-refractivity contribution is 5.78. The summed E-state index contributed by atoms with van der Waals surface area (Å²) in [5, 5.41) is 3.18. The Morgan fingerprint density at radius 1 is 1.24 bits per heavy atom. The molecule has 5 nitrogen and oxygen atoms in total. The quantitative estimate of drug-likeness (QED) is 0.729. The van der Waals surface area contributed by atoms with Crippen LogP contribution in [0.1, 0.15) is 45.4 Å². The zero-order valence-electron chi connectivity index (χ0n) is 13.5. The maximum Gasteiger partial charge on any atom is 0.234 e. The third-order valence-electron chi connectivity index (χ3n) is 4.90. The van der Waals surface area contributed by atoms with Crippen LogP contribution in [-0.4, -0.2) is 67.1 Å². The topological polar surface area (TPSA) is 61.6 Å². The van der Waals surface area contributed by atoms with Gasteiger partial charge in [0.05, 0.1) is 6.54 Å². The standard InChI is InChI=1S/C16H32N4O/c1-2-5-15(12-17)20-10-8-19(9-11-20)13-16(21)18-14-6-3-4-7-14/h14-15H,2-13,17H2,1H3,(H,18,21). The Balaban J connectivity index is 1.67. The van der Waals surface area contributed by atoms with Gasteiger partial charge in [-0.15, -0.1) is 0 Å². The van der Waals surface area contributed by atoms with Crippen LogP contribution in [0.2, 0.25) is 0 Å². The van der Waals surface area contributed by atoms with Crippen LogP contribution in [0.3, 0.4) is 0 Å². The molecule has 122 valence electrons. The van der Waals surface area contributed by atoms with Crippen molar-refractivity contribution >= 4 is 5.91 Å². The zero-order valence-corrected chi connectivity index (χ0v) is 13.5. The van der Waals surface area contributed by atoms with Gasteiger partial charge in [0.15, 0.2) is 0 Å². The maximum atomic E-state index is 12.1. The number of carbonyl (C=O) groups is 1. The average Bonchev–Trinajstić information content (AvgIpc) is 2.98. The molecule has 1 amide bonds. The smallest absolute Gasteiger partial charge is 0.234 e. The van der Waals surface area contributed by atoms with Gasteiger partial charge in [0, 0.05) is 44.8 Å². The van der Waals surface area contributed by atoms with Gasteiger partial charge in [0.2, 0.25) is 5.91 Å². The van der Waals surface area contributed by atoms with Crippen molar-refractivity contribution in [3.8, 4) is 0 Å². The van der Waals surface area contributed by atoms with Gasteiger partial charge in [-0.2, -0.15) is 0 Å². The molecular formula is C16H32N4O. The van der Waals surface area contributed by atoms with Crippen molar-refractivity contribution in [2.45, 2.75) is 57.5 Å². The third kappa shape index (κ3) is 5.24. The summed E-state index contributed by atoms with van der Waals surface area (Å²) in [4.78, 5) is 16.8. The van der Waals surface area contributed by atoms with Gasteiger partial charge in [-0.3, -0.25) is 14.6 Å². The maximum absolute atomic E-state index is 12.1. The monoisotopic (exact) mass is 296 g/mol. The number of carbonyl (C=O) groups excluding carboxylic acids is 1. The van der Waals surface area contributed by atoms with E-state index >= 15 is 0 Å². The normalized spacial score (nSPS) is 23.3. The molecule has 0 aromatic heterocycles. The first kappa shape index (κ1) is 16.7. The van der Waals surface area contributed by atoms with E-state index in [4.69, 9.17) is 5.73 Å². The Hall–Kier alpha value is -0.650. The molecule has 2 rings (SSSR count). The van der Waals surface area contributed by atoms with Crippen molar-refractivity contribution in [2.24, 2.45) is 5.73 Å². The summed E-state index contributed by atoms with van der Waals surface area (Å²) in [5.74, 6) is 0.208. The van der Waals surface area contributed by atoms with Gasteiger partial charge in [-0.25, -0.2) is 0 Å². The van der Waals surface area contributed by atoms with Crippen LogP contribution in [-0.2, 0) is 4.79 Å². The summed E-state index contributed by atoms with van der Waals surface area (Å²) in [7, 11) is 0. The van der Waals surface area contributed by atoms with Crippen LogP contribution >= 0.6 is 0 Å². The summed E-state index contributed by atoms with van der Waals surface area (Å²) < 4.78 is 0. The molecule has 1 unspecified atom stereocenters. The van der Waals surface area contributed by atoms with Crippen molar-refractivity contribution in [1.29, 1.82) is 0 Å². The predicted octanol–water partition coefficient (Wildman–Crippen LogP) is 0.790. The van der Waals surface area contributed by atoms with Crippen molar-refractivity contribution in [2.75, 3.05) is 39.3 Å². The predicted molar refractivity (Wildman–Crippen MR) is 86.2 cm³/mol.